The fourth-order valence-electron chi connectivity index (χ4n) is 9.18. The first-order chi connectivity index (χ1) is 22.6. The SMILES string of the molecule is CC1CNC(c2nc3ccc(-c4ccc(-c5ccc(-c6cn(C7CO7)c(C7CC(C)CN7)n6)cc5)c5c4C4CCC5C4)cc3[nH]2)C1. The molecule has 46 heavy (non-hydrogen) atoms. The smallest absolute Gasteiger partial charge is 0.158 e. The van der Waals surface area contributed by atoms with Crippen molar-refractivity contribution in [2.45, 2.75) is 76.1 Å². The minimum absolute atomic E-state index is 0.133. The van der Waals surface area contributed by atoms with E-state index in [2.05, 4.69) is 94.8 Å². The highest BCUT2D eigenvalue weighted by Crippen LogP contribution is 2.58. The summed E-state index contributed by atoms with van der Waals surface area (Å²) < 4.78 is 7.95. The van der Waals surface area contributed by atoms with Crippen molar-refractivity contribution >= 4 is 11.0 Å². The summed E-state index contributed by atoms with van der Waals surface area (Å²) in [6, 6.07) is 21.4. The maximum atomic E-state index is 5.69. The molecule has 5 aliphatic rings. The van der Waals surface area contributed by atoms with Gasteiger partial charge in [0, 0.05) is 11.8 Å². The molecular formula is C39H42N6O. The number of hydrogen-bond acceptors (Lipinski definition) is 5. The number of fused-ring (bicyclic) bond motifs is 6. The van der Waals surface area contributed by atoms with E-state index in [9.17, 15) is 0 Å². The molecule has 2 bridgehead atoms. The van der Waals surface area contributed by atoms with Gasteiger partial charge in [0.05, 0.1) is 35.4 Å². The van der Waals surface area contributed by atoms with Crippen molar-refractivity contribution in [2.75, 3.05) is 19.7 Å². The van der Waals surface area contributed by atoms with Crippen molar-refractivity contribution in [3.63, 3.8) is 0 Å². The zero-order chi connectivity index (χ0) is 30.5. The van der Waals surface area contributed by atoms with E-state index >= 15 is 0 Å². The molecule has 10 rings (SSSR count). The number of aromatic amines is 1. The Morgan fingerprint density at radius 3 is 2.07 bits per heavy atom. The van der Waals surface area contributed by atoms with Crippen molar-refractivity contribution in [1.82, 2.24) is 30.2 Å². The fraction of sp³-hybridized carbons (Fsp3) is 0.436. The first kappa shape index (κ1) is 27.3. The van der Waals surface area contributed by atoms with Crippen LogP contribution in [0.25, 0.3) is 44.5 Å². The molecule has 0 amide bonds. The van der Waals surface area contributed by atoms with E-state index in [-0.39, 0.29) is 6.23 Å². The predicted octanol–water partition coefficient (Wildman–Crippen LogP) is 7.99. The maximum absolute atomic E-state index is 5.69. The number of hydrogen-bond donors (Lipinski definition) is 3. The summed E-state index contributed by atoms with van der Waals surface area (Å²) in [5.41, 5.74) is 13.0. The molecule has 7 nitrogen and oxygen atoms in total. The second-order valence-corrected chi connectivity index (χ2v) is 14.9. The van der Waals surface area contributed by atoms with Crippen molar-refractivity contribution in [3.8, 4) is 33.5 Å². The Kier molecular flexibility index (Phi) is 6.16. The van der Waals surface area contributed by atoms with Gasteiger partial charge >= 0.3 is 0 Å². The fourth-order valence-corrected chi connectivity index (χ4v) is 9.18. The van der Waals surface area contributed by atoms with E-state index in [0.29, 0.717) is 35.8 Å². The summed E-state index contributed by atoms with van der Waals surface area (Å²) >= 11 is 0. The lowest BCUT2D eigenvalue weighted by atomic mass is 9.81. The molecule has 7 atom stereocenters. The molecule has 1 saturated carbocycles. The topological polar surface area (TPSA) is 83.1 Å². The second kappa shape index (κ2) is 10.4. The van der Waals surface area contributed by atoms with Gasteiger partial charge in [-0.3, -0.25) is 0 Å². The Bertz CT molecular complexity index is 1970. The highest BCUT2D eigenvalue weighted by Gasteiger charge is 2.40. The van der Waals surface area contributed by atoms with E-state index in [4.69, 9.17) is 14.7 Å². The first-order valence-electron chi connectivity index (χ1n) is 17.5. The van der Waals surface area contributed by atoms with E-state index in [1.807, 2.05) is 0 Å². The molecule has 4 fully saturated rings. The highest BCUT2D eigenvalue weighted by molar-refractivity contribution is 5.86. The molecule has 7 unspecified atom stereocenters. The predicted molar refractivity (Wildman–Crippen MR) is 182 cm³/mol. The van der Waals surface area contributed by atoms with Gasteiger partial charge in [-0.15, -0.1) is 0 Å². The second-order valence-electron chi connectivity index (χ2n) is 14.9. The third kappa shape index (κ3) is 4.43. The van der Waals surface area contributed by atoms with Crippen molar-refractivity contribution in [1.29, 1.82) is 0 Å². The number of imidazole rings is 2. The van der Waals surface area contributed by atoms with Gasteiger partial charge in [0.25, 0.3) is 0 Å². The molecular weight excluding hydrogens is 568 g/mol. The number of rotatable bonds is 6. The largest absolute Gasteiger partial charge is 0.351 e. The number of ether oxygens (including phenoxy) is 1. The van der Waals surface area contributed by atoms with Crippen LogP contribution in [-0.2, 0) is 4.74 Å². The van der Waals surface area contributed by atoms with Gasteiger partial charge in [-0.1, -0.05) is 56.3 Å². The van der Waals surface area contributed by atoms with Crippen LogP contribution in [0.5, 0.6) is 0 Å². The standard InChI is InChI=1S/C39H42N6O/c1-21-13-32(40-17-21)38-42-30-12-9-25(16-31(30)43-38)29-11-10-28(36-26-7-8-27(15-26)37(29)36)23-3-5-24(6-4-23)34-19-45(35-20-46-35)39(44-34)33-14-22(2)18-41-33/h3-6,9-12,16,19,21-22,26-27,32-33,35,40-41H,7-8,13-15,17-18,20H2,1-2H3,(H,42,43). The third-order valence-electron chi connectivity index (χ3n) is 11.6. The zero-order valence-electron chi connectivity index (χ0n) is 26.7. The van der Waals surface area contributed by atoms with E-state index in [1.54, 1.807) is 11.1 Å². The van der Waals surface area contributed by atoms with Gasteiger partial charge in [-0.25, -0.2) is 9.97 Å². The van der Waals surface area contributed by atoms with Crippen molar-refractivity contribution in [2.24, 2.45) is 11.8 Å². The summed E-state index contributed by atoms with van der Waals surface area (Å²) in [5.74, 6) is 4.87. The summed E-state index contributed by atoms with van der Waals surface area (Å²) in [7, 11) is 0. The van der Waals surface area contributed by atoms with Crippen molar-refractivity contribution in [3.05, 3.63) is 83.6 Å². The summed E-state index contributed by atoms with van der Waals surface area (Å²) in [4.78, 5) is 13.8. The Balaban J connectivity index is 0.985. The maximum Gasteiger partial charge on any atom is 0.158 e. The van der Waals surface area contributed by atoms with Gasteiger partial charge < -0.3 is 24.9 Å². The molecule has 7 heteroatoms. The van der Waals surface area contributed by atoms with Crippen molar-refractivity contribution < 1.29 is 4.74 Å². The Morgan fingerprint density at radius 2 is 1.39 bits per heavy atom. The number of H-pyrrole nitrogens is 1. The van der Waals surface area contributed by atoms with Gasteiger partial charge in [-0.2, -0.15) is 0 Å². The van der Waals surface area contributed by atoms with Crippen LogP contribution in [-0.4, -0.2) is 39.2 Å². The van der Waals surface area contributed by atoms with Crippen LogP contribution in [0.2, 0.25) is 0 Å². The minimum atomic E-state index is 0.133. The summed E-state index contributed by atoms with van der Waals surface area (Å²) in [5, 5.41) is 7.30. The van der Waals surface area contributed by atoms with Crippen LogP contribution in [0.4, 0.5) is 0 Å². The lowest BCUT2D eigenvalue weighted by Gasteiger charge is -2.23. The van der Waals surface area contributed by atoms with E-state index in [1.165, 1.54) is 47.1 Å². The minimum Gasteiger partial charge on any atom is -0.351 e. The molecule has 3 aromatic carbocycles. The van der Waals surface area contributed by atoms with Crippen LogP contribution in [0.15, 0.2) is 60.8 Å². The van der Waals surface area contributed by atoms with Gasteiger partial charge in [0.1, 0.15) is 11.6 Å². The average molecular weight is 611 g/mol. The molecule has 5 aromatic rings. The van der Waals surface area contributed by atoms with E-state index < -0.39 is 0 Å². The monoisotopic (exact) mass is 610 g/mol. The molecule has 2 aliphatic carbocycles. The number of nitrogens with one attached hydrogen (secondary N) is 3. The van der Waals surface area contributed by atoms with Crippen LogP contribution < -0.4 is 10.6 Å². The molecule has 5 heterocycles. The number of nitrogens with zero attached hydrogens (tertiary/aromatic N) is 3. The average Bonchev–Trinajstić information content (AvgIpc) is 3.70. The van der Waals surface area contributed by atoms with Gasteiger partial charge in [0.2, 0.25) is 0 Å². The first-order valence-corrected chi connectivity index (χ1v) is 17.5. The molecule has 0 spiro atoms. The number of aromatic nitrogens is 4. The van der Waals surface area contributed by atoms with Gasteiger partial charge in [0.15, 0.2) is 6.23 Å². The Hall–Kier alpha value is -3.78. The summed E-state index contributed by atoms with van der Waals surface area (Å²) in [6.07, 6.45) is 8.49. The normalized spacial score (nSPS) is 29.7. The van der Waals surface area contributed by atoms with Crippen LogP contribution >= 0.6 is 0 Å². The molecule has 3 N–H and O–H groups in total. The quantitative estimate of drug-likeness (QED) is 0.170. The Labute approximate surface area is 270 Å². The van der Waals surface area contributed by atoms with Crippen LogP contribution in [0, 0.1) is 11.8 Å². The zero-order valence-corrected chi connectivity index (χ0v) is 26.7. The van der Waals surface area contributed by atoms with Gasteiger partial charge in [-0.05, 0) is 114 Å². The third-order valence-corrected chi connectivity index (χ3v) is 11.6. The lowest BCUT2D eigenvalue weighted by molar-refractivity contribution is 0.342. The molecule has 0 radical (unpaired) electrons. The summed E-state index contributed by atoms with van der Waals surface area (Å²) in [6.45, 7) is 7.51. The molecule has 3 saturated heterocycles. The molecule has 234 valence electrons. The van der Waals surface area contributed by atoms with E-state index in [0.717, 1.165) is 60.9 Å². The van der Waals surface area contributed by atoms with Crippen LogP contribution in [0.3, 0.4) is 0 Å². The number of benzene rings is 3. The number of epoxide rings is 1. The molecule has 2 aromatic heterocycles. The Morgan fingerprint density at radius 1 is 0.739 bits per heavy atom. The molecule has 3 aliphatic heterocycles. The lowest BCUT2D eigenvalue weighted by Crippen LogP contribution is -2.18. The van der Waals surface area contributed by atoms with Crippen LogP contribution in [0.1, 0.15) is 98.9 Å². The highest BCUT2D eigenvalue weighted by atomic mass is 16.6.